The first-order chi connectivity index (χ1) is 17.5. The molecule has 2 heterocycles. The number of benzene rings is 2. The van der Waals surface area contributed by atoms with Crippen LogP contribution in [-0.4, -0.2) is 63.4 Å². The Morgan fingerprint density at radius 3 is 2.27 bits per heavy atom. The Hall–Kier alpha value is -2.78. The number of fused-ring (bicyclic) bond motifs is 2. The summed E-state index contributed by atoms with van der Waals surface area (Å²) in [4.78, 5) is 25.7. The second kappa shape index (κ2) is 10.5. The van der Waals surface area contributed by atoms with Crippen molar-refractivity contribution in [1.82, 2.24) is 5.32 Å². The van der Waals surface area contributed by atoms with Gasteiger partial charge in [-0.05, 0) is 48.5 Å². The summed E-state index contributed by atoms with van der Waals surface area (Å²) in [5, 5.41) is 2.90. The summed E-state index contributed by atoms with van der Waals surface area (Å²) in [5.41, 5.74) is -0.0713. The van der Waals surface area contributed by atoms with Gasteiger partial charge in [-0.1, -0.05) is 63.7 Å². The van der Waals surface area contributed by atoms with Crippen LogP contribution in [0, 0.1) is 0 Å². The quantitative estimate of drug-likeness (QED) is 0.290. The molecule has 2 aromatic rings. The number of carbonyl (C=O) groups is 2. The minimum Gasteiger partial charge on any atom is -0.451 e. The molecule has 198 valence electrons. The highest BCUT2D eigenvalue weighted by Gasteiger charge is 2.67. The predicted molar refractivity (Wildman–Crippen MR) is 144 cm³/mol. The Labute approximate surface area is 220 Å². The number of rotatable bonds is 9. The molecule has 0 saturated carbocycles. The largest absolute Gasteiger partial charge is 0.451 e. The number of hydrogen-bond donors (Lipinski definition) is 1. The van der Waals surface area contributed by atoms with Crippen LogP contribution in [0.4, 0.5) is 0 Å². The number of amides is 1. The summed E-state index contributed by atoms with van der Waals surface area (Å²) in [6.45, 7) is 15.2. The van der Waals surface area contributed by atoms with E-state index in [4.69, 9.17) is 18.6 Å². The molecule has 1 N–H and O–H groups in total. The van der Waals surface area contributed by atoms with Gasteiger partial charge in [-0.15, -0.1) is 0 Å². The van der Waals surface area contributed by atoms with Crippen LogP contribution < -0.4 is 5.32 Å². The highest BCUT2D eigenvalue weighted by Crippen LogP contribution is 2.49. The van der Waals surface area contributed by atoms with Gasteiger partial charge in [0.05, 0.1) is 12.2 Å². The molecule has 1 amide bonds. The molecule has 2 aromatic carbocycles. The van der Waals surface area contributed by atoms with Crippen molar-refractivity contribution in [2.75, 3.05) is 13.2 Å². The maximum absolute atomic E-state index is 13.0. The van der Waals surface area contributed by atoms with Gasteiger partial charge in [0.25, 0.3) is 5.91 Å². The molecule has 7 nitrogen and oxygen atoms in total. The Morgan fingerprint density at radius 1 is 1.11 bits per heavy atom. The molecule has 0 spiro atoms. The van der Waals surface area contributed by atoms with E-state index in [-0.39, 0.29) is 24.1 Å². The van der Waals surface area contributed by atoms with Gasteiger partial charge in [0.15, 0.2) is 20.0 Å². The van der Waals surface area contributed by atoms with E-state index in [1.807, 2.05) is 24.3 Å². The lowest BCUT2D eigenvalue weighted by Crippen LogP contribution is -2.57. The fraction of sp³-hybridized carbons (Fsp3) is 0.448. The first-order valence-electron chi connectivity index (χ1n) is 12.7. The highest BCUT2D eigenvalue weighted by atomic mass is 28.4. The van der Waals surface area contributed by atoms with Crippen molar-refractivity contribution >= 4 is 20.2 Å². The van der Waals surface area contributed by atoms with Crippen LogP contribution in [0.1, 0.15) is 41.5 Å². The predicted octanol–water partition coefficient (Wildman–Crippen LogP) is 4.75. The molecule has 5 atom stereocenters. The maximum Gasteiger partial charge on any atom is 0.338 e. The molecule has 2 aliphatic heterocycles. The van der Waals surface area contributed by atoms with Crippen LogP contribution in [0.5, 0.6) is 0 Å². The third kappa shape index (κ3) is 5.43. The van der Waals surface area contributed by atoms with E-state index < -0.39 is 44.3 Å². The summed E-state index contributed by atoms with van der Waals surface area (Å²) < 4.78 is 25.7. The van der Waals surface area contributed by atoms with Gasteiger partial charge in [0, 0.05) is 12.1 Å². The fourth-order valence-corrected chi connectivity index (χ4v) is 5.87. The molecule has 2 saturated heterocycles. The molecule has 0 aliphatic carbocycles. The number of nitrogens with one attached hydrogen (secondary N) is 1. The Bertz CT molecular complexity index is 1120. The summed E-state index contributed by atoms with van der Waals surface area (Å²) in [6.07, 6.45) is -0.620. The van der Waals surface area contributed by atoms with Gasteiger partial charge in [-0.25, -0.2) is 4.79 Å². The van der Waals surface area contributed by atoms with Gasteiger partial charge in [-0.3, -0.25) is 4.79 Å². The number of ether oxygens (including phenoxy) is 3. The van der Waals surface area contributed by atoms with Gasteiger partial charge in [0.2, 0.25) is 0 Å². The third-order valence-corrected chi connectivity index (χ3v) is 12.1. The topological polar surface area (TPSA) is 83.1 Å². The van der Waals surface area contributed by atoms with Crippen molar-refractivity contribution < 1.29 is 28.2 Å². The molecule has 2 aliphatic rings. The smallest absolute Gasteiger partial charge is 0.338 e. The van der Waals surface area contributed by atoms with Crippen molar-refractivity contribution in [3.05, 3.63) is 84.4 Å². The monoisotopic (exact) mass is 523 g/mol. The van der Waals surface area contributed by atoms with Crippen molar-refractivity contribution in [3.8, 4) is 0 Å². The third-order valence-electron chi connectivity index (χ3n) is 7.69. The first kappa shape index (κ1) is 27.3. The van der Waals surface area contributed by atoms with Gasteiger partial charge < -0.3 is 24.0 Å². The van der Waals surface area contributed by atoms with Gasteiger partial charge in [0.1, 0.15) is 18.3 Å². The van der Waals surface area contributed by atoms with E-state index in [1.54, 1.807) is 42.5 Å². The molecule has 2 bridgehead atoms. The van der Waals surface area contributed by atoms with E-state index in [9.17, 15) is 9.59 Å². The average molecular weight is 524 g/mol. The number of hydrogen-bond acceptors (Lipinski definition) is 6. The second-order valence-corrected chi connectivity index (χ2v) is 15.9. The summed E-state index contributed by atoms with van der Waals surface area (Å²) in [7, 11) is -2.27. The molecular weight excluding hydrogens is 486 g/mol. The van der Waals surface area contributed by atoms with Crippen LogP contribution >= 0.6 is 0 Å². The highest BCUT2D eigenvalue weighted by molar-refractivity contribution is 6.74. The molecule has 5 unspecified atom stereocenters. The molecule has 0 radical (unpaired) electrons. The van der Waals surface area contributed by atoms with Crippen LogP contribution in [-0.2, 0) is 18.6 Å². The molecule has 37 heavy (non-hydrogen) atoms. The normalized spacial score (nSPS) is 25.9. The number of carbonyl (C=O) groups excluding carboxylic acids is 2. The summed E-state index contributed by atoms with van der Waals surface area (Å²) >= 11 is 0. The van der Waals surface area contributed by atoms with Crippen LogP contribution in [0.25, 0.3) is 0 Å². The van der Waals surface area contributed by atoms with Gasteiger partial charge in [-0.2, -0.15) is 0 Å². The average Bonchev–Trinajstić information content (AvgIpc) is 3.37. The lowest BCUT2D eigenvalue weighted by atomic mass is 9.92. The lowest BCUT2D eigenvalue weighted by Gasteiger charge is -2.42. The van der Waals surface area contributed by atoms with E-state index in [0.717, 1.165) is 0 Å². The minimum atomic E-state index is -2.27. The lowest BCUT2D eigenvalue weighted by molar-refractivity contribution is -0.175. The molecule has 4 rings (SSSR count). The van der Waals surface area contributed by atoms with E-state index in [1.165, 1.54) is 0 Å². The first-order valence-corrected chi connectivity index (χ1v) is 15.6. The standard InChI is InChI=1S/C29H37NO6Si/c1-7-23(34-27(32)21-16-12-9-13-17-21)29-19-33-24(25(29)36-37(5,6)28(2,3)4)22(35-29)18-30-26(31)20-14-10-8-11-15-20/h7-17,22-25H,1,18-19H2,2-6H3,(H,30,31). The van der Waals surface area contributed by atoms with Crippen LogP contribution in [0.15, 0.2) is 73.3 Å². The minimum absolute atomic E-state index is 0.0579. The molecule has 8 heteroatoms. The van der Waals surface area contributed by atoms with Crippen LogP contribution in [0.2, 0.25) is 18.1 Å². The van der Waals surface area contributed by atoms with Crippen molar-refractivity contribution in [2.24, 2.45) is 0 Å². The Kier molecular flexibility index (Phi) is 7.76. The fourth-order valence-electron chi connectivity index (χ4n) is 4.55. The molecular formula is C29H37NO6Si. The van der Waals surface area contributed by atoms with E-state index in [2.05, 4.69) is 45.8 Å². The van der Waals surface area contributed by atoms with Crippen molar-refractivity contribution in [1.29, 1.82) is 0 Å². The molecule has 0 aromatic heterocycles. The number of esters is 1. The van der Waals surface area contributed by atoms with Crippen molar-refractivity contribution in [2.45, 2.75) is 68.9 Å². The Balaban J connectivity index is 1.59. The summed E-state index contributed by atoms with van der Waals surface area (Å²) in [5.74, 6) is -0.669. The van der Waals surface area contributed by atoms with E-state index in [0.29, 0.717) is 11.1 Å². The zero-order valence-electron chi connectivity index (χ0n) is 22.2. The Morgan fingerprint density at radius 2 is 1.70 bits per heavy atom. The second-order valence-electron chi connectivity index (χ2n) is 11.2. The summed E-state index contributed by atoms with van der Waals surface area (Å²) in [6, 6.07) is 17.8. The molecule has 2 fully saturated rings. The van der Waals surface area contributed by atoms with Crippen LogP contribution in [0.3, 0.4) is 0 Å². The van der Waals surface area contributed by atoms with Crippen molar-refractivity contribution in [3.63, 3.8) is 0 Å². The van der Waals surface area contributed by atoms with E-state index >= 15 is 0 Å². The SMILES string of the molecule is C=CC(OC(=O)c1ccccc1)C12COC(C(CNC(=O)c3ccccc3)O1)C2O[Si](C)(C)C(C)(C)C. The zero-order valence-corrected chi connectivity index (χ0v) is 23.2. The zero-order chi connectivity index (χ0) is 26.8. The maximum atomic E-state index is 13.0. The van der Waals surface area contributed by atoms with Gasteiger partial charge >= 0.3 is 5.97 Å².